The lowest BCUT2D eigenvalue weighted by molar-refractivity contribution is 0.0963. The predicted molar refractivity (Wildman–Crippen MR) is 126 cm³/mol. The van der Waals surface area contributed by atoms with Gasteiger partial charge in [0.15, 0.2) is 11.5 Å². The highest BCUT2D eigenvalue weighted by Gasteiger charge is 2.25. The summed E-state index contributed by atoms with van der Waals surface area (Å²) in [5.74, 6) is 0.492. The Bertz CT molecular complexity index is 1020. The lowest BCUT2D eigenvalue weighted by atomic mass is 9.86. The number of amides is 1. The van der Waals surface area contributed by atoms with Crippen LogP contribution in [0.3, 0.4) is 0 Å². The Hall–Kier alpha value is -3.17. The number of anilines is 1. The van der Waals surface area contributed by atoms with Gasteiger partial charge in [-0.15, -0.1) is 0 Å². The molecule has 0 spiro atoms. The Morgan fingerprint density at radius 3 is 2.81 bits per heavy atom. The number of aliphatic imine (C=N–C) groups is 1. The zero-order chi connectivity index (χ0) is 23.1. The summed E-state index contributed by atoms with van der Waals surface area (Å²) in [6.45, 7) is 3.55. The van der Waals surface area contributed by atoms with Gasteiger partial charge in [-0.2, -0.15) is 0 Å². The number of allylic oxidation sites excluding steroid dienone is 1. The van der Waals surface area contributed by atoms with E-state index in [-0.39, 0.29) is 17.6 Å². The molecule has 3 rings (SSSR count). The minimum atomic E-state index is -0.510. The quantitative estimate of drug-likeness (QED) is 0.467. The lowest BCUT2D eigenvalue weighted by Gasteiger charge is -2.29. The highest BCUT2D eigenvalue weighted by molar-refractivity contribution is 6.30. The van der Waals surface area contributed by atoms with Gasteiger partial charge in [0, 0.05) is 17.4 Å². The molecule has 1 fully saturated rings. The van der Waals surface area contributed by atoms with Crippen molar-refractivity contribution in [1.82, 2.24) is 20.6 Å². The van der Waals surface area contributed by atoms with E-state index in [1.54, 1.807) is 26.3 Å². The molecular weight excluding hydrogens is 430 g/mol. The third-order valence-electron chi connectivity index (χ3n) is 5.25. The van der Waals surface area contributed by atoms with Crippen LogP contribution in [0.25, 0.3) is 0 Å². The van der Waals surface area contributed by atoms with Gasteiger partial charge in [0.2, 0.25) is 0 Å². The number of carbonyl (C=O) groups excluding carboxylic acids is 1. The number of aryl methyl sites for hydroxylation is 1. The van der Waals surface area contributed by atoms with Crippen molar-refractivity contribution in [1.29, 1.82) is 0 Å². The van der Waals surface area contributed by atoms with Crippen molar-refractivity contribution in [3.05, 3.63) is 58.3 Å². The summed E-state index contributed by atoms with van der Waals surface area (Å²) in [7, 11) is 1.60. The third kappa shape index (κ3) is 5.95. The Morgan fingerprint density at radius 2 is 2.12 bits per heavy atom. The average molecular weight is 458 g/mol. The number of carbonyl (C=O) groups is 1. The number of benzene rings is 1. The van der Waals surface area contributed by atoms with Crippen LogP contribution in [-0.2, 0) is 0 Å². The van der Waals surface area contributed by atoms with E-state index in [1.807, 2.05) is 12.1 Å². The summed E-state index contributed by atoms with van der Waals surface area (Å²) in [6.07, 6.45) is 6.24. The van der Waals surface area contributed by atoms with E-state index in [2.05, 4.69) is 20.6 Å². The second-order valence-electron chi connectivity index (χ2n) is 7.56. The van der Waals surface area contributed by atoms with Gasteiger partial charge < -0.3 is 26.8 Å². The van der Waals surface area contributed by atoms with Crippen LogP contribution in [0, 0.1) is 12.8 Å². The molecule has 9 nitrogen and oxygen atoms in total. The molecule has 1 aliphatic heterocycles. The number of nitrogen functional groups attached to an aromatic ring is 1. The second-order valence-corrected chi connectivity index (χ2v) is 7.99. The van der Waals surface area contributed by atoms with Gasteiger partial charge in [0.05, 0.1) is 30.7 Å². The number of hydrogen-bond donors (Lipinski definition) is 4. The Labute approximate surface area is 192 Å². The van der Waals surface area contributed by atoms with Crippen molar-refractivity contribution in [2.45, 2.75) is 25.8 Å². The highest BCUT2D eigenvalue weighted by atomic mass is 35.5. The van der Waals surface area contributed by atoms with E-state index >= 15 is 0 Å². The summed E-state index contributed by atoms with van der Waals surface area (Å²) in [4.78, 5) is 25.6. The maximum absolute atomic E-state index is 12.6. The number of rotatable bonds is 7. The van der Waals surface area contributed by atoms with Crippen LogP contribution in [0.5, 0.6) is 5.75 Å². The standard InChI is InChI=1S/C22H28ClN7O2/c1-13-11-28-21(25)20(29-13)22(31)30-17(10-24)12-27-19(14-3-5-26-6-4-14)15-7-16(23)9-18(8-15)32-2/h7-12,14,19,26H,3-6,24H2,1-2H3,(H2,25,28)(H,30,31). The van der Waals surface area contributed by atoms with E-state index in [1.165, 1.54) is 12.4 Å². The van der Waals surface area contributed by atoms with E-state index in [4.69, 9.17) is 32.8 Å². The SMILES string of the molecule is COc1cc(Cl)cc(C(N=CC(=CN)NC(=O)c2nc(C)cnc2N)C2CCNCC2)c1. The van der Waals surface area contributed by atoms with E-state index < -0.39 is 5.91 Å². The topological polar surface area (TPSA) is 141 Å². The Morgan fingerprint density at radius 1 is 1.38 bits per heavy atom. The lowest BCUT2D eigenvalue weighted by Crippen LogP contribution is -2.31. The molecule has 0 aliphatic carbocycles. The van der Waals surface area contributed by atoms with Crippen LogP contribution in [0.2, 0.25) is 5.02 Å². The molecule has 1 aromatic heterocycles. The van der Waals surface area contributed by atoms with Crippen LogP contribution < -0.4 is 26.8 Å². The smallest absolute Gasteiger partial charge is 0.278 e. The van der Waals surface area contributed by atoms with Crippen LogP contribution in [-0.4, -0.2) is 42.3 Å². The van der Waals surface area contributed by atoms with Crippen LogP contribution in [0.15, 0.2) is 41.3 Å². The molecule has 1 saturated heterocycles. The number of methoxy groups -OCH3 is 1. The highest BCUT2D eigenvalue weighted by Crippen LogP contribution is 2.35. The van der Waals surface area contributed by atoms with Crippen molar-refractivity contribution in [2.75, 3.05) is 25.9 Å². The van der Waals surface area contributed by atoms with E-state index in [9.17, 15) is 4.79 Å². The zero-order valence-electron chi connectivity index (χ0n) is 18.1. The minimum absolute atomic E-state index is 0.0345. The summed E-state index contributed by atoms with van der Waals surface area (Å²) in [6, 6.07) is 5.40. The fourth-order valence-electron chi connectivity index (χ4n) is 3.63. The molecule has 1 unspecified atom stereocenters. The van der Waals surface area contributed by atoms with Gasteiger partial charge >= 0.3 is 0 Å². The number of hydrogen-bond acceptors (Lipinski definition) is 8. The number of ether oxygens (including phenoxy) is 1. The van der Waals surface area contributed by atoms with Crippen LogP contribution in [0.4, 0.5) is 5.82 Å². The summed E-state index contributed by atoms with van der Waals surface area (Å²) < 4.78 is 5.38. The Kier molecular flexibility index (Phi) is 8.02. The molecule has 0 radical (unpaired) electrons. The van der Waals surface area contributed by atoms with Gasteiger partial charge in [-0.05, 0) is 62.5 Å². The minimum Gasteiger partial charge on any atom is -0.497 e. The second kappa shape index (κ2) is 10.9. The monoisotopic (exact) mass is 457 g/mol. The maximum atomic E-state index is 12.6. The largest absolute Gasteiger partial charge is 0.497 e. The molecule has 0 saturated carbocycles. The number of nitrogens with zero attached hydrogens (tertiary/aromatic N) is 3. The number of nitrogens with one attached hydrogen (secondary N) is 2. The van der Waals surface area contributed by atoms with Crippen molar-refractivity contribution >= 4 is 29.5 Å². The molecule has 1 atom stereocenters. The summed E-state index contributed by atoms with van der Waals surface area (Å²) in [5.41, 5.74) is 13.4. The van der Waals surface area contributed by atoms with Gasteiger partial charge in [0.1, 0.15) is 5.75 Å². The summed E-state index contributed by atoms with van der Waals surface area (Å²) >= 11 is 6.31. The van der Waals surface area contributed by atoms with Crippen molar-refractivity contribution in [3.8, 4) is 5.75 Å². The molecule has 6 N–H and O–H groups in total. The maximum Gasteiger partial charge on any atom is 0.278 e. The first-order valence-corrected chi connectivity index (χ1v) is 10.7. The van der Waals surface area contributed by atoms with Gasteiger partial charge in [-0.25, -0.2) is 9.97 Å². The number of aromatic nitrogens is 2. The molecule has 1 aromatic carbocycles. The Balaban J connectivity index is 1.85. The van der Waals surface area contributed by atoms with Crippen LogP contribution in [0.1, 0.15) is 40.6 Å². The molecule has 32 heavy (non-hydrogen) atoms. The number of nitrogens with two attached hydrogens (primary N) is 2. The van der Waals surface area contributed by atoms with Gasteiger partial charge in [0.25, 0.3) is 5.91 Å². The molecule has 170 valence electrons. The fraction of sp³-hybridized carbons (Fsp3) is 0.364. The zero-order valence-corrected chi connectivity index (χ0v) is 18.9. The van der Waals surface area contributed by atoms with Gasteiger partial charge in [-0.3, -0.25) is 9.79 Å². The molecule has 2 heterocycles. The first kappa shape index (κ1) is 23.5. The normalized spacial score (nSPS) is 16.2. The first-order chi connectivity index (χ1) is 15.4. The fourth-order valence-corrected chi connectivity index (χ4v) is 3.87. The van der Waals surface area contributed by atoms with E-state index in [0.717, 1.165) is 31.5 Å². The molecule has 0 bridgehead atoms. The molecule has 2 aromatic rings. The third-order valence-corrected chi connectivity index (χ3v) is 5.47. The average Bonchev–Trinajstić information content (AvgIpc) is 2.80. The molecule has 10 heteroatoms. The van der Waals surface area contributed by atoms with Gasteiger partial charge in [-0.1, -0.05) is 11.6 Å². The van der Waals surface area contributed by atoms with Crippen molar-refractivity contribution < 1.29 is 9.53 Å². The van der Waals surface area contributed by atoms with Crippen molar-refractivity contribution in [2.24, 2.45) is 16.6 Å². The molecule has 1 amide bonds. The van der Waals surface area contributed by atoms with Crippen LogP contribution >= 0.6 is 11.6 Å². The molecular formula is C22H28ClN7O2. The number of halogens is 1. The number of piperidine rings is 1. The predicted octanol–water partition coefficient (Wildman–Crippen LogP) is 2.37. The summed E-state index contributed by atoms with van der Waals surface area (Å²) in [5, 5.41) is 6.64. The van der Waals surface area contributed by atoms with Crippen molar-refractivity contribution in [3.63, 3.8) is 0 Å². The first-order valence-electron chi connectivity index (χ1n) is 10.3. The molecule has 1 aliphatic rings. The van der Waals surface area contributed by atoms with E-state index in [0.29, 0.717) is 28.1 Å².